The van der Waals surface area contributed by atoms with Gasteiger partial charge in [-0.25, -0.2) is 4.79 Å². The van der Waals surface area contributed by atoms with Crippen molar-refractivity contribution in [3.8, 4) is 16.9 Å². The molecule has 0 atom stereocenters. The molecule has 0 saturated heterocycles. The number of carbonyl (C=O) groups excluding carboxylic acids is 1. The van der Waals surface area contributed by atoms with Gasteiger partial charge in [0.2, 0.25) is 16.9 Å². The molecule has 170 valence electrons. The van der Waals surface area contributed by atoms with E-state index in [1.165, 1.54) is 42.5 Å². The Hall–Kier alpha value is -4.04. The van der Waals surface area contributed by atoms with Crippen LogP contribution >= 0.6 is 11.6 Å². The molecule has 0 aliphatic heterocycles. The minimum atomic E-state index is -4.96. The Bertz CT molecular complexity index is 1580. The SMILES string of the molecule is O=C(Oc1ccc2c(=O)c(-c3ccc(Cl)cc3)c(C(F)(F)F)oc2c1)c1cc2ccccc2o1. The highest BCUT2D eigenvalue weighted by molar-refractivity contribution is 6.30. The minimum Gasteiger partial charge on any atom is -0.450 e. The molecule has 0 aliphatic rings. The van der Waals surface area contributed by atoms with Crippen molar-refractivity contribution in [3.63, 3.8) is 0 Å². The average Bonchev–Trinajstić information content (AvgIpc) is 3.24. The fourth-order valence-electron chi connectivity index (χ4n) is 3.56. The van der Waals surface area contributed by atoms with E-state index in [9.17, 15) is 22.8 Å². The van der Waals surface area contributed by atoms with E-state index in [4.69, 9.17) is 25.2 Å². The summed E-state index contributed by atoms with van der Waals surface area (Å²) in [5.41, 5.74) is -1.42. The van der Waals surface area contributed by atoms with Crippen molar-refractivity contribution >= 4 is 39.5 Å². The Kier molecular flexibility index (Phi) is 5.17. The van der Waals surface area contributed by atoms with Crippen LogP contribution in [0.3, 0.4) is 0 Å². The van der Waals surface area contributed by atoms with Crippen molar-refractivity contribution < 1.29 is 31.5 Å². The fourth-order valence-corrected chi connectivity index (χ4v) is 3.68. The lowest BCUT2D eigenvalue weighted by molar-refractivity contribution is -0.152. The van der Waals surface area contributed by atoms with Crippen LogP contribution in [-0.4, -0.2) is 5.97 Å². The number of hydrogen-bond acceptors (Lipinski definition) is 5. The second-order valence-electron chi connectivity index (χ2n) is 7.34. The van der Waals surface area contributed by atoms with Crippen LogP contribution in [-0.2, 0) is 6.18 Å². The van der Waals surface area contributed by atoms with E-state index in [2.05, 4.69) is 0 Å². The normalized spacial score (nSPS) is 11.8. The molecule has 2 aromatic heterocycles. The highest BCUT2D eigenvalue weighted by Gasteiger charge is 2.39. The number of para-hydroxylation sites is 1. The number of hydrogen-bond donors (Lipinski definition) is 0. The monoisotopic (exact) mass is 484 g/mol. The zero-order chi connectivity index (χ0) is 24.0. The first kappa shape index (κ1) is 21.8. The summed E-state index contributed by atoms with van der Waals surface area (Å²) in [5.74, 6) is -2.52. The van der Waals surface area contributed by atoms with Gasteiger partial charge in [-0.2, -0.15) is 13.2 Å². The van der Waals surface area contributed by atoms with Gasteiger partial charge < -0.3 is 13.6 Å². The molecular formula is C25H12ClF3O5. The van der Waals surface area contributed by atoms with Crippen molar-refractivity contribution in [2.24, 2.45) is 0 Å². The molecule has 0 unspecified atom stereocenters. The van der Waals surface area contributed by atoms with E-state index in [0.717, 1.165) is 6.07 Å². The molecule has 0 spiro atoms. The lowest BCUT2D eigenvalue weighted by atomic mass is 10.0. The molecule has 9 heteroatoms. The van der Waals surface area contributed by atoms with Crippen LogP contribution in [0.25, 0.3) is 33.1 Å². The summed E-state index contributed by atoms with van der Waals surface area (Å²) in [7, 11) is 0. The summed E-state index contributed by atoms with van der Waals surface area (Å²) in [6, 6.07) is 17.4. The molecule has 0 radical (unpaired) electrons. The van der Waals surface area contributed by atoms with E-state index in [1.54, 1.807) is 24.3 Å². The van der Waals surface area contributed by atoms with Crippen molar-refractivity contribution in [1.29, 1.82) is 0 Å². The molecular weight excluding hydrogens is 473 g/mol. The number of alkyl halides is 3. The zero-order valence-corrected chi connectivity index (χ0v) is 17.7. The van der Waals surface area contributed by atoms with Crippen LogP contribution in [0, 0.1) is 0 Å². The number of esters is 1. The van der Waals surface area contributed by atoms with Gasteiger partial charge in [-0.3, -0.25) is 4.79 Å². The van der Waals surface area contributed by atoms with Crippen LogP contribution in [0.1, 0.15) is 16.3 Å². The van der Waals surface area contributed by atoms with Gasteiger partial charge in [0.05, 0.1) is 10.9 Å². The number of rotatable bonds is 3. The molecule has 0 saturated carbocycles. The maximum Gasteiger partial charge on any atom is 0.450 e. The minimum absolute atomic E-state index is 0.00719. The topological polar surface area (TPSA) is 69.7 Å². The Labute approximate surface area is 193 Å². The first-order chi connectivity index (χ1) is 16.2. The summed E-state index contributed by atoms with van der Waals surface area (Å²) in [4.78, 5) is 25.5. The molecule has 0 N–H and O–H groups in total. The van der Waals surface area contributed by atoms with Crippen LogP contribution in [0.15, 0.2) is 86.4 Å². The lowest BCUT2D eigenvalue weighted by Gasteiger charge is -2.13. The second kappa shape index (κ2) is 8.07. The van der Waals surface area contributed by atoms with Gasteiger partial charge in [0, 0.05) is 16.5 Å². The van der Waals surface area contributed by atoms with E-state index in [0.29, 0.717) is 16.0 Å². The number of carbonyl (C=O) groups is 1. The van der Waals surface area contributed by atoms with Gasteiger partial charge in [-0.15, -0.1) is 0 Å². The van der Waals surface area contributed by atoms with Gasteiger partial charge in [-0.05, 0) is 42.0 Å². The maximum absolute atomic E-state index is 13.8. The number of halogens is 4. The van der Waals surface area contributed by atoms with Gasteiger partial charge in [0.1, 0.15) is 16.9 Å². The smallest absolute Gasteiger partial charge is 0.450 e. The summed E-state index contributed by atoms with van der Waals surface area (Å²) in [6.45, 7) is 0. The quantitative estimate of drug-likeness (QED) is 0.202. The van der Waals surface area contributed by atoms with E-state index in [1.807, 2.05) is 0 Å². The number of furan rings is 1. The third-order valence-corrected chi connectivity index (χ3v) is 5.34. The standard InChI is InChI=1S/C25H12ClF3O5/c26-15-7-5-13(6-8-15)21-22(30)17-10-9-16(12-19(17)34-23(21)25(27,28)29)32-24(31)20-11-14-3-1-2-4-18(14)33-20/h1-12H. The van der Waals surface area contributed by atoms with Crippen molar-refractivity contribution in [2.45, 2.75) is 6.18 Å². The largest absolute Gasteiger partial charge is 0.450 e. The molecule has 5 rings (SSSR count). The van der Waals surface area contributed by atoms with Crippen molar-refractivity contribution in [3.05, 3.63) is 99.6 Å². The summed E-state index contributed by atoms with van der Waals surface area (Å²) < 4.78 is 57.2. The predicted octanol–water partition coefficient (Wildman–Crippen LogP) is 7.10. The zero-order valence-electron chi connectivity index (χ0n) is 17.0. The van der Waals surface area contributed by atoms with E-state index in [-0.39, 0.29) is 28.0 Å². The van der Waals surface area contributed by atoms with Gasteiger partial charge in [0.25, 0.3) is 0 Å². The summed E-state index contributed by atoms with van der Waals surface area (Å²) in [5, 5.41) is 0.878. The molecule has 0 aliphatic carbocycles. The molecule has 0 amide bonds. The first-order valence-corrected chi connectivity index (χ1v) is 10.2. The molecule has 0 fully saturated rings. The van der Waals surface area contributed by atoms with Crippen molar-refractivity contribution in [2.75, 3.05) is 0 Å². The highest BCUT2D eigenvalue weighted by atomic mass is 35.5. The summed E-state index contributed by atoms with van der Waals surface area (Å²) in [6.07, 6.45) is -4.96. The molecule has 2 heterocycles. The van der Waals surface area contributed by atoms with Crippen LogP contribution in [0.2, 0.25) is 5.02 Å². The third kappa shape index (κ3) is 3.92. The fraction of sp³-hybridized carbons (Fsp3) is 0.0400. The average molecular weight is 485 g/mol. The van der Waals surface area contributed by atoms with Gasteiger partial charge >= 0.3 is 12.1 Å². The molecule has 34 heavy (non-hydrogen) atoms. The van der Waals surface area contributed by atoms with Crippen LogP contribution in [0.5, 0.6) is 5.75 Å². The molecule has 3 aromatic carbocycles. The van der Waals surface area contributed by atoms with E-state index >= 15 is 0 Å². The molecule has 5 nitrogen and oxygen atoms in total. The third-order valence-electron chi connectivity index (χ3n) is 5.09. The number of ether oxygens (including phenoxy) is 1. The number of benzene rings is 3. The second-order valence-corrected chi connectivity index (χ2v) is 7.77. The van der Waals surface area contributed by atoms with Crippen LogP contribution < -0.4 is 10.2 Å². The Balaban J connectivity index is 1.57. The maximum atomic E-state index is 13.8. The summed E-state index contributed by atoms with van der Waals surface area (Å²) >= 11 is 5.82. The molecule has 5 aromatic rings. The van der Waals surface area contributed by atoms with Crippen molar-refractivity contribution in [1.82, 2.24) is 0 Å². The lowest BCUT2D eigenvalue weighted by Crippen LogP contribution is -2.16. The predicted molar refractivity (Wildman–Crippen MR) is 119 cm³/mol. The Morgan fingerprint density at radius 3 is 2.32 bits per heavy atom. The van der Waals surface area contributed by atoms with E-state index < -0.39 is 28.9 Å². The van der Waals surface area contributed by atoms with Gasteiger partial charge in [-0.1, -0.05) is 41.9 Å². The Morgan fingerprint density at radius 2 is 1.62 bits per heavy atom. The Morgan fingerprint density at radius 1 is 0.882 bits per heavy atom. The number of fused-ring (bicyclic) bond motifs is 2. The molecule has 0 bridgehead atoms. The highest BCUT2D eigenvalue weighted by Crippen LogP contribution is 2.38. The van der Waals surface area contributed by atoms with Crippen LogP contribution in [0.4, 0.5) is 13.2 Å². The first-order valence-electron chi connectivity index (χ1n) is 9.85. The van der Waals surface area contributed by atoms with Gasteiger partial charge in [0.15, 0.2) is 0 Å².